The van der Waals surface area contributed by atoms with Crippen LogP contribution in [0, 0.1) is 10.1 Å². The zero-order valence-corrected chi connectivity index (χ0v) is 17.2. The van der Waals surface area contributed by atoms with Gasteiger partial charge in [0.25, 0.3) is 5.69 Å². The third kappa shape index (κ3) is 5.17. The van der Waals surface area contributed by atoms with Gasteiger partial charge in [-0.1, -0.05) is 0 Å². The van der Waals surface area contributed by atoms with Crippen molar-refractivity contribution in [2.75, 3.05) is 37.8 Å². The number of non-ortho nitro benzene ring substituents is 1. The second-order valence-electron chi connectivity index (χ2n) is 6.46. The van der Waals surface area contributed by atoms with E-state index in [0.29, 0.717) is 5.82 Å². The summed E-state index contributed by atoms with van der Waals surface area (Å²) < 4.78 is 5.35. The number of ether oxygens (including phenoxy) is 1. The van der Waals surface area contributed by atoms with Crippen LogP contribution in [0.1, 0.15) is 5.69 Å². The molecule has 2 aromatic rings. The van der Waals surface area contributed by atoms with Gasteiger partial charge in [-0.05, 0) is 12.1 Å². The number of aromatic amines is 1. The Labute approximate surface area is 176 Å². The third-order valence-corrected chi connectivity index (χ3v) is 6.72. The lowest BCUT2D eigenvalue weighted by Crippen LogP contribution is -2.35. The lowest BCUT2D eigenvalue weighted by molar-refractivity contribution is -0.384. The van der Waals surface area contributed by atoms with Crippen molar-refractivity contribution in [1.82, 2.24) is 14.9 Å². The van der Waals surface area contributed by atoms with E-state index in [9.17, 15) is 10.1 Å². The lowest BCUT2D eigenvalue weighted by Gasteiger charge is -2.23. The zero-order valence-electron chi connectivity index (χ0n) is 15.6. The quantitative estimate of drug-likeness (QED) is 0.235. The van der Waals surface area contributed by atoms with Crippen molar-refractivity contribution in [2.24, 2.45) is 9.98 Å². The molecule has 1 unspecified atom stereocenters. The second kappa shape index (κ2) is 9.42. The maximum Gasteiger partial charge on any atom is 0.269 e. The molecule has 4 rings (SSSR count). The molecular formula is C18H20N6O3S2. The van der Waals surface area contributed by atoms with Crippen LogP contribution >= 0.6 is 23.5 Å². The average Bonchev–Trinajstić information content (AvgIpc) is 3.41. The van der Waals surface area contributed by atoms with E-state index in [4.69, 9.17) is 9.73 Å². The van der Waals surface area contributed by atoms with Gasteiger partial charge in [0.2, 0.25) is 0 Å². The van der Waals surface area contributed by atoms with Crippen molar-refractivity contribution in [3.05, 3.63) is 46.4 Å². The normalized spacial score (nSPS) is 19.7. The molecule has 0 amide bonds. The number of aromatic nitrogens is 2. The number of thioether (sulfide) groups is 2. The van der Waals surface area contributed by atoms with Crippen molar-refractivity contribution < 1.29 is 9.66 Å². The summed E-state index contributed by atoms with van der Waals surface area (Å²) in [6.45, 7) is 3.11. The van der Waals surface area contributed by atoms with Crippen LogP contribution < -0.4 is 0 Å². The van der Waals surface area contributed by atoms with Crippen LogP contribution in [0.4, 0.5) is 11.5 Å². The number of nitrogens with one attached hydrogen (secondary N) is 1. The molecule has 1 atom stereocenters. The van der Waals surface area contributed by atoms with Gasteiger partial charge in [-0.25, -0.2) is 9.98 Å². The van der Waals surface area contributed by atoms with Gasteiger partial charge in [0.1, 0.15) is 10.7 Å². The van der Waals surface area contributed by atoms with Crippen molar-refractivity contribution in [2.45, 2.75) is 10.9 Å². The smallest absolute Gasteiger partial charge is 0.269 e. The minimum absolute atomic E-state index is 0.107. The predicted molar refractivity (Wildman–Crippen MR) is 116 cm³/mol. The molecule has 11 heteroatoms. The number of nitro benzene ring substituents is 1. The van der Waals surface area contributed by atoms with Gasteiger partial charge in [-0.3, -0.25) is 15.1 Å². The van der Waals surface area contributed by atoms with Crippen molar-refractivity contribution in [3.8, 4) is 0 Å². The molecule has 1 saturated heterocycles. The molecule has 1 fully saturated rings. The van der Waals surface area contributed by atoms with E-state index in [1.54, 1.807) is 42.0 Å². The monoisotopic (exact) mass is 432 g/mol. The first kappa shape index (κ1) is 19.9. The number of hydrogen-bond acceptors (Lipinski definition) is 8. The van der Waals surface area contributed by atoms with E-state index >= 15 is 0 Å². The summed E-state index contributed by atoms with van der Waals surface area (Å²) in [5.41, 5.74) is 0.956. The van der Waals surface area contributed by atoms with Gasteiger partial charge >= 0.3 is 0 Å². The molecule has 2 aliphatic rings. The molecule has 3 heterocycles. The minimum atomic E-state index is -0.387. The number of nitro groups is 1. The number of imidazole rings is 1. The molecule has 29 heavy (non-hydrogen) atoms. The molecule has 2 aliphatic heterocycles. The molecule has 0 aliphatic carbocycles. The van der Waals surface area contributed by atoms with Crippen molar-refractivity contribution in [1.29, 1.82) is 0 Å². The van der Waals surface area contributed by atoms with Gasteiger partial charge in [0.05, 0.1) is 36.8 Å². The number of nitrogens with zero attached hydrogens (tertiary/aromatic N) is 5. The summed E-state index contributed by atoms with van der Waals surface area (Å²) in [6, 6.07) is 6.80. The average molecular weight is 433 g/mol. The Morgan fingerprint density at radius 1 is 1.38 bits per heavy atom. The maximum atomic E-state index is 10.7. The summed E-state index contributed by atoms with van der Waals surface area (Å²) >= 11 is 3.35. The number of aliphatic imine (C=N–C) groups is 2. The van der Waals surface area contributed by atoms with Crippen molar-refractivity contribution in [3.63, 3.8) is 0 Å². The highest BCUT2D eigenvalue weighted by atomic mass is 32.2. The number of hydrogen-bond donors (Lipinski definition) is 1. The van der Waals surface area contributed by atoms with E-state index in [2.05, 4.69) is 19.9 Å². The SMILES string of the molecule is O=[N+]([O-])c1ccc(SCC2CSC(c3[nH]cnc3N=CN3CCOCC3)=N2)cc1. The maximum absolute atomic E-state index is 10.7. The van der Waals surface area contributed by atoms with E-state index in [1.165, 1.54) is 12.1 Å². The van der Waals surface area contributed by atoms with Crippen LogP contribution in [-0.4, -0.2) is 75.0 Å². The second-order valence-corrected chi connectivity index (χ2v) is 8.56. The highest BCUT2D eigenvalue weighted by Crippen LogP contribution is 2.30. The highest BCUT2D eigenvalue weighted by Gasteiger charge is 2.23. The molecule has 0 radical (unpaired) electrons. The summed E-state index contributed by atoms with van der Waals surface area (Å²) in [5.74, 6) is 2.35. The number of benzene rings is 1. The zero-order chi connectivity index (χ0) is 20.1. The van der Waals surface area contributed by atoms with Crippen LogP contribution in [-0.2, 0) is 4.74 Å². The standard InChI is InChI=1S/C18H20N6O3S2/c25-24(26)14-1-3-15(4-2-14)28-9-13-10-29-18(22-13)16-17(20-11-19-16)21-12-23-5-7-27-8-6-23/h1-4,11-13H,5-10H2,(H,19,20). The molecule has 1 aromatic carbocycles. The largest absolute Gasteiger partial charge is 0.378 e. The lowest BCUT2D eigenvalue weighted by atomic mass is 10.3. The Balaban J connectivity index is 1.36. The van der Waals surface area contributed by atoms with Crippen LogP contribution in [0.5, 0.6) is 0 Å². The summed E-state index contributed by atoms with van der Waals surface area (Å²) in [7, 11) is 0. The predicted octanol–water partition coefficient (Wildman–Crippen LogP) is 2.96. The van der Waals surface area contributed by atoms with Crippen LogP contribution in [0.3, 0.4) is 0 Å². The van der Waals surface area contributed by atoms with Crippen LogP contribution in [0.25, 0.3) is 0 Å². The Morgan fingerprint density at radius 3 is 2.93 bits per heavy atom. The number of morpholine rings is 1. The summed E-state index contributed by atoms with van der Waals surface area (Å²) in [6.07, 6.45) is 3.47. The minimum Gasteiger partial charge on any atom is -0.378 e. The van der Waals surface area contributed by atoms with E-state index < -0.39 is 0 Å². The first-order valence-electron chi connectivity index (χ1n) is 9.16. The topological polar surface area (TPSA) is 109 Å². The Bertz CT molecular complexity index is 909. The van der Waals surface area contributed by atoms with Gasteiger partial charge < -0.3 is 14.6 Å². The van der Waals surface area contributed by atoms with E-state index in [1.807, 2.05) is 6.34 Å². The molecule has 0 spiro atoms. The molecule has 1 N–H and O–H groups in total. The third-order valence-electron chi connectivity index (χ3n) is 4.42. The van der Waals surface area contributed by atoms with Gasteiger partial charge in [0.15, 0.2) is 5.82 Å². The van der Waals surface area contributed by atoms with E-state index in [-0.39, 0.29) is 16.7 Å². The van der Waals surface area contributed by atoms with Gasteiger partial charge in [-0.2, -0.15) is 0 Å². The first-order valence-corrected chi connectivity index (χ1v) is 11.1. The summed E-state index contributed by atoms with van der Waals surface area (Å²) in [5, 5.41) is 11.7. The molecule has 152 valence electrons. The van der Waals surface area contributed by atoms with Crippen LogP contribution in [0.15, 0.2) is 45.5 Å². The van der Waals surface area contributed by atoms with Gasteiger partial charge in [0, 0.05) is 41.6 Å². The van der Waals surface area contributed by atoms with Crippen molar-refractivity contribution >= 4 is 46.4 Å². The fraction of sp³-hybridized carbons (Fsp3) is 0.389. The van der Waals surface area contributed by atoms with E-state index in [0.717, 1.165) is 53.4 Å². The highest BCUT2D eigenvalue weighted by molar-refractivity contribution is 8.14. The molecule has 1 aromatic heterocycles. The van der Waals surface area contributed by atoms with Gasteiger partial charge in [-0.15, -0.1) is 23.5 Å². The Kier molecular flexibility index (Phi) is 6.47. The molecule has 9 nitrogen and oxygen atoms in total. The molecule has 0 bridgehead atoms. The molecule has 0 saturated carbocycles. The fourth-order valence-electron chi connectivity index (χ4n) is 2.87. The Morgan fingerprint density at radius 2 is 2.17 bits per heavy atom. The number of rotatable bonds is 7. The Hall–Kier alpha value is -2.37. The molecular weight excluding hydrogens is 412 g/mol. The summed E-state index contributed by atoms with van der Waals surface area (Å²) in [4.78, 5) is 30.3. The van der Waals surface area contributed by atoms with Crippen LogP contribution in [0.2, 0.25) is 0 Å². The fourth-order valence-corrected chi connectivity index (χ4v) is 4.98. The first-order chi connectivity index (χ1) is 14.2. The number of H-pyrrole nitrogens is 1.